The molecule has 11 heteroatoms. The third-order valence-electron chi connectivity index (χ3n) is 8.49. The molecule has 0 heterocycles. The Hall–Kier alpha value is -5.89. The molecule has 53 heavy (non-hydrogen) atoms. The quantitative estimate of drug-likeness (QED) is 0.0464. The van der Waals surface area contributed by atoms with Gasteiger partial charge in [0.15, 0.2) is 0 Å². The van der Waals surface area contributed by atoms with E-state index in [-0.39, 0.29) is 41.0 Å². The molecule has 272 valence electrons. The van der Waals surface area contributed by atoms with Crippen molar-refractivity contribution < 1.29 is 45.4 Å². The average molecular weight is 730 g/mol. The number of nitrogens with zero attached hydrogens (tertiary/aromatic N) is 1. The van der Waals surface area contributed by atoms with Crippen LogP contribution >= 0.6 is 0 Å². The van der Waals surface area contributed by atoms with Crippen molar-refractivity contribution in [3.8, 4) is 50.9 Å². The van der Waals surface area contributed by atoms with Gasteiger partial charge in [-0.1, -0.05) is 56.4 Å². The van der Waals surface area contributed by atoms with E-state index in [0.717, 1.165) is 50.3 Å². The van der Waals surface area contributed by atoms with Crippen molar-refractivity contribution in [2.45, 2.75) is 57.8 Å². The largest absolute Gasteiger partial charge is 0.427 e. The fraction of sp³-hybridized carbons (Fsp3) is 0.214. The summed E-state index contributed by atoms with van der Waals surface area (Å²) in [7, 11) is 0. The topological polar surface area (TPSA) is 76.4 Å². The van der Waals surface area contributed by atoms with E-state index in [1.54, 1.807) is 0 Å². The molecule has 5 aromatic rings. The first-order valence-electron chi connectivity index (χ1n) is 17.0. The highest BCUT2D eigenvalue weighted by molar-refractivity contribution is 5.75. The number of carbonyl (C=O) groups excluding carboxylic acids is 2. The first-order chi connectivity index (χ1) is 25.5. The summed E-state index contributed by atoms with van der Waals surface area (Å²) in [6.45, 7) is 0. The molecule has 0 spiro atoms. The predicted molar refractivity (Wildman–Crippen MR) is 186 cm³/mol. The molecule has 0 atom stereocenters. The lowest BCUT2D eigenvalue weighted by Gasteiger charge is -2.11. The van der Waals surface area contributed by atoms with E-state index in [0.29, 0.717) is 36.1 Å². The van der Waals surface area contributed by atoms with Crippen LogP contribution in [0.25, 0.3) is 33.4 Å². The summed E-state index contributed by atoms with van der Waals surface area (Å²) in [6.07, 6.45) is 5.97. The molecule has 0 saturated heterocycles. The Labute approximate surface area is 302 Å². The van der Waals surface area contributed by atoms with E-state index in [1.807, 2.05) is 0 Å². The number of esters is 2. The van der Waals surface area contributed by atoms with Crippen LogP contribution in [-0.2, 0) is 9.59 Å². The Morgan fingerprint density at radius 1 is 0.491 bits per heavy atom. The highest BCUT2D eigenvalue weighted by atomic mass is 19.2. The molecule has 0 unspecified atom stereocenters. The van der Waals surface area contributed by atoms with E-state index in [9.17, 15) is 35.9 Å². The molecule has 0 bridgehead atoms. The summed E-state index contributed by atoms with van der Waals surface area (Å²) in [6, 6.07) is 20.4. The van der Waals surface area contributed by atoms with Gasteiger partial charge in [-0.05, 0) is 95.8 Å². The van der Waals surface area contributed by atoms with Gasteiger partial charge in [-0.2, -0.15) is 5.26 Å². The van der Waals surface area contributed by atoms with Gasteiger partial charge in [0.1, 0.15) is 58.0 Å². The number of ether oxygens (including phenoxy) is 2. The molecule has 0 aliphatic rings. The number of benzene rings is 5. The molecule has 0 saturated carbocycles. The zero-order valence-electron chi connectivity index (χ0n) is 28.4. The molecule has 0 amide bonds. The zero-order valence-corrected chi connectivity index (χ0v) is 28.4. The maximum atomic E-state index is 14.9. The van der Waals surface area contributed by atoms with Crippen LogP contribution in [0.2, 0.25) is 0 Å². The SMILES string of the molecule is N#Cc1c(F)cc(-c2c(F)cc(-c3ccc(OC(=O)CCCCCCCCCC(=O)Oc4ccc(-c5ccc(F)cc5)c(F)c4)cc3)cc2F)cc1F. The van der Waals surface area contributed by atoms with Gasteiger partial charge in [0.2, 0.25) is 0 Å². The monoisotopic (exact) mass is 729 g/mol. The molecule has 5 rings (SSSR count). The van der Waals surface area contributed by atoms with Crippen molar-refractivity contribution in [3.63, 3.8) is 0 Å². The van der Waals surface area contributed by atoms with E-state index in [4.69, 9.17) is 14.7 Å². The lowest BCUT2D eigenvalue weighted by Crippen LogP contribution is -2.08. The predicted octanol–water partition coefficient (Wildman–Crippen LogP) is 11.4. The molecular weight excluding hydrogens is 696 g/mol. The van der Waals surface area contributed by atoms with Crippen molar-refractivity contribution in [1.82, 2.24) is 0 Å². The number of hydrogen-bond acceptors (Lipinski definition) is 5. The second-order valence-corrected chi connectivity index (χ2v) is 12.3. The van der Waals surface area contributed by atoms with Crippen molar-refractivity contribution >= 4 is 11.9 Å². The Morgan fingerprint density at radius 2 is 0.962 bits per heavy atom. The van der Waals surface area contributed by atoms with E-state index in [2.05, 4.69) is 0 Å². The third kappa shape index (κ3) is 10.3. The second kappa shape index (κ2) is 18.0. The van der Waals surface area contributed by atoms with Gasteiger partial charge in [0.25, 0.3) is 0 Å². The number of nitriles is 1. The van der Waals surface area contributed by atoms with Crippen LogP contribution in [0.4, 0.5) is 26.3 Å². The lowest BCUT2D eigenvalue weighted by atomic mass is 9.97. The molecule has 0 aliphatic carbocycles. The molecule has 5 nitrogen and oxygen atoms in total. The van der Waals surface area contributed by atoms with Gasteiger partial charge in [-0.3, -0.25) is 9.59 Å². The third-order valence-corrected chi connectivity index (χ3v) is 8.49. The van der Waals surface area contributed by atoms with Gasteiger partial charge in [0.05, 0.1) is 5.56 Å². The number of rotatable bonds is 15. The molecule has 0 fully saturated rings. The van der Waals surface area contributed by atoms with Crippen molar-refractivity contribution in [1.29, 1.82) is 5.26 Å². The average Bonchev–Trinajstić information content (AvgIpc) is 3.11. The van der Waals surface area contributed by atoms with Crippen molar-refractivity contribution in [2.24, 2.45) is 0 Å². The number of halogens is 6. The lowest BCUT2D eigenvalue weighted by molar-refractivity contribution is -0.135. The minimum Gasteiger partial charge on any atom is -0.427 e. The van der Waals surface area contributed by atoms with Crippen LogP contribution in [0.3, 0.4) is 0 Å². The van der Waals surface area contributed by atoms with Crippen molar-refractivity contribution in [3.05, 3.63) is 131 Å². The summed E-state index contributed by atoms with van der Waals surface area (Å²) >= 11 is 0. The second-order valence-electron chi connectivity index (χ2n) is 12.3. The van der Waals surface area contributed by atoms with E-state index < -0.39 is 58.0 Å². The highest BCUT2D eigenvalue weighted by Gasteiger charge is 2.19. The summed E-state index contributed by atoms with van der Waals surface area (Å²) in [4.78, 5) is 24.5. The van der Waals surface area contributed by atoms with Crippen LogP contribution in [0.5, 0.6) is 11.5 Å². The Kier molecular flexibility index (Phi) is 13.1. The molecular formula is C42H33F6NO4. The number of unbranched alkanes of at least 4 members (excludes halogenated alkanes) is 6. The van der Waals surface area contributed by atoms with Gasteiger partial charge < -0.3 is 9.47 Å². The van der Waals surface area contributed by atoms with Gasteiger partial charge >= 0.3 is 11.9 Å². The highest BCUT2D eigenvalue weighted by Crippen LogP contribution is 2.33. The minimum absolute atomic E-state index is 0.103. The molecule has 0 radical (unpaired) electrons. The Morgan fingerprint density at radius 3 is 1.49 bits per heavy atom. The summed E-state index contributed by atoms with van der Waals surface area (Å²) < 4.78 is 96.3. The van der Waals surface area contributed by atoms with Gasteiger partial charge in [0, 0.05) is 24.5 Å². The first-order valence-corrected chi connectivity index (χ1v) is 17.0. The van der Waals surface area contributed by atoms with Crippen LogP contribution in [-0.4, -0.2) is 11.9 Å². The summed E-state index contributed by atoms with van der Waals surface area (Å²) in [5.41, 5.74) is -0.520. The summed E-state index contributed by atoms with van der Waals surface area (Å²) in [5, 5.41) is 8.83. The van der Waals surface area contributed by atoms with Crippen LogP contribution < -0.4 is 9.47 Å². The molecule has 5 aromatic carbocycles. The normalized spacial score (nSPS) is 10.9. The van der Waals surface area contributed by atoms with Crippen LogP contribution in [0, 0.1) is 46.2 Å². The standard InChI is InChI=1S/C42H33F6NO4/c43-30-14-10-27(11-15-30)33-19-18-32(24-37(33)46)53-41(51)9-7-5-3-1-2-4-6-8-40(50)52-31-16-12-26(13-17-31)28-20-38(47)42(39(48)21-28)29-22-35(44)34(25-49)36(45)23-29/h10-24H,1-9H2. The number of carbonyl (C=O) groups is 2. The fourth-order valence-electron chi connectivity index (χ4n) is 5.77. The van der Waals surface area contributed by atoms with Gasteiger partial charge in [-0.25, -0.2) is 26.3 Å². The zero-order chi connectivity index (χ0) is 37.9. The smallest absolute Gasteiger partial charge is 0.311 e. The van der Waals surface area contributed by atoms with Gasteiger partial charge in [-0.15, -0.1) is 0 Å². The fourth-order valence-corrected chi connectivity index (χ4v) is 5.77. The Bertz CT molecular complexity index is 2080. The van der Waals surface area contributed by atoms with Crippen molar-refractivity contribution in [2.75, 3.05) is 0 Å². The van der Waals surface area contributed by atoms with Crippen LogP contribution in [0.1, 0.15) is 63.4 Å². The first kappa shape index (κ1) is 38.3. The summed E-state index contributed by atoms with van der Waals surface area (Å²) in [5.74, 6) is -6.09. The van der Waals surface area contributed by atoms with E-state index >= 15 is 0 Å². The van der Waals surface area contributed by atoms with Crippen LogP contribution in [0.15, 0.2) is 91.0 Å². The Balaban J connectivity index is 0.967. The maximum Gasteiger partial charge on any atom is 0.311 e. The molecule has 0 N–H and O–H groups in total. The van der Waals surface area contributed by atoms with E-state index in [1.165, 1.54) is 66.7 Å². The number of hydrogen-bond donors (Lipinski definition) is 0. The maximum absolute atomic E-state index is 14.9. The minimum atomic E-state index is -1.23. The molecule has 0 aromatic heterocycles. The molecule has 0 aliphatic heterocycles.